The van der Waals surface area contributed by atoms with Crippen LogP contribution < -0.4 is 9.77 Å². The fourth-order valence-corrected chi connectivity index (χ4v) is 8.04. The number of hydrogen-bond donors (Lipinski definition) is 0. The first kappa shape index (κ1) is 22.1. The number of aryl methyl sites for hydroxylation is 1. The van der Waals surface area contributed by atoms with Crippen LogP contribution in [0.15, 0.2) is 51.6 Å². The monoisotopic (exact) mass is 500 g/mol. The van der Waals surface area contributed by atoms with Gasteiger partial charge in [0, 0.05) is 15.7 Å². The maximum atomic E-state index is 13.6. The number of amides is 2. The maximum Gasteiger partial charge on any atom is 0.326 e. The Hall–Kier alpha value is -2.69. The van der Waals surface area contributed by atoms with Gasteiger partial charge in [-0.25, -0.2) is 4.90 Å². The van der Waals surface area contributed by atoms with E-state index in [-0.39, 0.29) is 29.8 Å². The molecule has 2 aliphatic heterocycles. The van der Waals surface area contributed by atoms with E-state index in [9.17, 15) is 19.2 Å². The zero-order valence-electron chi connectivity index (χ0n) is 17.8. The van der Waals surface area contributed by atoms with Crippen LogP contribution in [0.5, 0.6) is 0 Å². The molecule has 0 aliphatic carbocycles. The molecule has 1 saturated heterocycles. The summed E-state index contributed by atoms with van der Waals surface area (Å²) in [4.78, 5) is 54.8. The lowest BCUT2D eigenvalue weighted by atomic mass is 9.87. The summed E-state index contributed by atoms with van der Waals surface area (Å²) < 4.78 is 6.42. The van der Waals surface area contributed by atoms with Crippen molar-refractivity contribution in [2.75, 3.05) is 11.5 Å². The van der Waals surface area contributed by atoms with Gasteiger partial charge in [0.25, 0.3) is 0 Å². The van der Waals surface area contributed by atoms with Gasteiger partial charge >= 0.3 is 10.8 Å². The molecule has 2 aromatic heterocycles. The lowest BCUT2D eigenvalue weighted by Gasteiger charge is -2.29. The average molecular weight is 501 g/mol. The van der Waals surface area contributed by atoms with E-state index in [0.717, 1.165) is 26.7 Å². The third kappa shape index (κ3) is 3.66. The summed E-state index contributed by atoms with van der Waals surface area (Å²) in [5.74, 6) is -2.11. The minimum Gasteiger partial charge on any atom is -0.465 e. The van der Waals surface area contributed by atoms with E-state index < -0.39 is 23.1 Å². The van der Waals surface area contributed by atoms with E-state index in [4.69, 9.17) is 4.74 Å². The molecule has 2 amide bonds. The number of rotatable bonds is 5. The van der Waals surface area contributed by atoms with E-state index in [1.807, 2.05) is 36.6 Å². The van der Waals surface area contributed by atoms with E-state index in [1.165, 1.54) is 32.6 Å². The summed E-state index contributed by atoms with van der Waals surface area (Å²) in [5, 5.41) is 1.81. The molecule has 3 aromatic rings. The summed E-state index contributed by atoms with van der Waals surface area (Å²) in [6.07, 6.45) is 0. The quantitative estimate of drug-likeness (QED) is 0.393. The highest BCUT2D eigenvalue weighted by Crippen LogP contribution is 2.54. The number of imide groups is 1. The fourth-order valence-electron chi connectivity index (χ4n) is 4.31. The molecule has 0 radical (unpaired) electrons. The average Bonchev–Trinajstić information content (AvgIpc) is 3.48. The lowest BCUT2D eigenvalue weighted by Crippen LogP contribution is -2.32. The second-order valence-electron chi connectivity index (χ2n) is 7.83. The predicted molar refractivity (Wildman–Crippen MR) is 128 cm³/mol. The molecule has 170 valence electrons. The Kier molecular flexibility index (Phi) is 5.75. The van der Waals surface area contributed by atoms with Gasteiger partial charge in [0.1, 0.15) is 11.8 Å². The van der Waals surface area contributed by atoms with Crippen molar-refractivity contribution in [2.45, 2.75) is 36.6 Å². The molecule has 33 heavy (non-hydrogen) atoms. The van der Waals surface area contributed by atoms with Crippen molar-refractivity contribution in [3.8, 4) is 0 Å². The van der Waals surface area contributed by atoms with Gasteiger partial charge in [0.05, 0.1) is 23.2 Å². The first-order valence-electron chi connectivity index (χ1n) is 10.4. The molecule has 0 spiro atoms. The number of anilines is 1. The van der Waals surface area contributed by atoms with E-state index in [1.54, 1.807) is 19.1 Å². The van der Waals surface area contributed by atoms with Crippen LogP contribution in [0.25, 0.3) is 0 Å². The second-order valence-corrected chi connectivity index (χ2v) is 10.9. The van der Waals surface area contributed by atoms with E-state index >= 15 is 0 Å². The number of benzene rings is 1. The number of carbonyl (C=O) groups is 3. The number of thiophene rings is 1. The van der Waals surface area contributed by atoms with Gasteiger partial charge in [-0.05, 0) is 37.4 Å². The SMILES string of the molecule is CCOC(=O)Cn1c2c(sc1=O)[C@@H](c1cccs1)[C@@H]1C(=O)N(c3ccc(C)cc3)C(=O)[C@@H]1S2. The van der Waals surface area contributed by atoms with Crippen LogP contribution in [0.3, 0.4) is 0 Å². The maximum absolute atomic E-state index is 13.6. The molecule has 0 bridgehead atoms. The van der Waals surface area contributed by atoms with Crippen LogP contribution in [0.4, 0.5) is 5.69 Å². The normalized spacial score (nSPS) is 21.8. The van der Waals surface area contributed by atoms with Crippen LogP contribution >= 0.6 is 34.4 Å². The third-order valence-electron chi connectivity index (χ3n) is 5.78. The molecule has 10 heteroatoms. The van der Waals surface area contributed by atoms with Crippen LogP contribution in [0.1, 0.15) is 28.2 Å². The van der Waals surface area contributed by atoms with Crippen molar-refractivity contribution in [3.63, 3.8) is 0 Å². The van der Waals surface area contributed by atoms with Crippen molar-refractivity contribution in [2.24, 2.45) is 5.92 Å². The minimum atomic E-state index is -0.680. The minimum absolute atomic E-state index is 0.216. The molecular formula is C23H20N2O5S3. The van der Waals surface area contributed by atoms with Crippen LogP contribution in [0.2, 0.25) is 0 Å². The first-order chi connectivity index (χ1) is 15.9. The Morgan fingerprint density at radius 3 is 2.52 bits per heavy atom. The van der Waals surface area contributed by atoms with E-state index in [0.29, 0.717) is 10.7 Å². The molecule has 1 fully saturated rings. The molecule has 0 saturated carbocycles. The number of ether oxygens (including phenoxy) is 1. The van der Waals surface area contributed by atoms with Gasteiger partial charge < -0.3 is 4.74 Å². The Bertz CT molecular complexity index is 1290. The number of carbonyl (C=O) groups excluding carboxylic acids is 3. The van der Waals surface area contributed by atoms with Gasteiger partial charge in [-0.15, -0.1) is 11.3 Å². The number of thioether (sulfide) groups is 1. The zero-order chi connectivity index (χ0) is 23.3. The lowest BCUT2D eigenvalue weighted by molar-refractivity contribution is -0.144. The molecule has 7 nitrogen and oxygen atoms in total. The van der Waals surface area contributed by atoms with Crippen molar-refractivity contribution in [1.29, 1.82) is 0 Å². The number of fused-ring (bicyclic) bond motifs is 2. The summed E-state index contributed by atoms with van der Waals surface area (Å²) in [6, 6.07) is 11.1. The standard InChI is InChI=1S/C23H20N2O5S3/c1-3-30-15(26)11-24-22-19(33-23(24)29)16(14-5-4-10-31-14)17-18(32-22)21(28)25(20(17)27)13-8-6-12(2)7-9-13/h4-10,16-18H,3,11H2,1-2H3/t16-,17-,18+/m0/s1. The van der Waals surface area contributed by atoms with Gasteiger partial charge in [-0.2, -0.15) is 0 Å². The van der Waals surface area contributed by atoms with Crippen molar-refractivity contribution in [3.05, 3.63) is 66.8 Å². The molecular weight excluding hydrogens is 480 g/mol. The highest BCUT2D eigenvalue weighted by molar-refractivity contribution is 8.00. The number of nitrogens with zero attached hydrogens (tertiary/aromatic N) is 2. The Balaban J connectivity index is 1.61. The third-order valence-corrected chi connectivity index (χ3v) is 9.34. The molecule has 0 N–H and O–H groups in total. The fraction of sp³-hybridized carbons (Fsp3) is 0.304. The van der Waals surface area contributed by atoms with Gasteiger partial charge in [0.2, 0.25) is 11.8 Å². The first-order valence-corrected chi connectivity index (χ1v) is 13.0. The van der Waals surface area contributed by atoms with Crippen molar-refractivity contribution < 1.29 is 19.1 Å². The summed E-state index contributed by atoms with van der Waals surface area (Å²) in [6.45, 7) is 3.65. The predicted octanol–water partition coefficient (Wildman–Crippen LogP) is 3.64. The van der Waals surface area contributed by atoms with Gasteiger partial charge in [0.15, 0.2) is 0 Å². The molecule has 5 rings (SSSR count). The second kappa shape index (κ2) is 8.58. The number of esters is 1. The summed E-state index contributed by atoms with van der Waals surface area (Å²) in [7, 11) is 0. The largest absolute Gasteiger partial charge is 0.465 e. The van der Waals surface area contributed by atoms with Crippen molar-refractivity contribution in [1.82, 2.24) is 4.57 Å². The Labute approximate surface area is 202 Å². The summed E-state index contributed by atoms with van der Waals surface area (Å²) >= 11 is 3.74. The summed E-state index contributed by atoms with van der Waals surface area (Å²) in [5.41, 5.74) is 1.58. The van der Waals surface area contributed by atoms with Crippen LogP contribution in [-0.4, -0.2) is 34.2 Å². The van der Waals surface area contributed by atoms with Crippen LogP contribution in [0, 0.1) is 12.8 Å². The van der Waals surface area contributed by atoms with E-state index in [2.05, 4.69) is 0 Å². The molecule has 2 aliphatic rings. The smallest absolute Gasteiger partial charge is 0.326 e. The highest BCUT2D eigenvalue weighted by Gasteiger charge is 2.57. The molecule has 1 aromatic carbocycles. The molecule has 0 unspecified atom stereocenters. The van der Waals surface area contributed by atoms with Gasteiger partial charge in [-0.1, -0.05) is 46.9 Å². The highest BCUT2D eigenvalue weighted by atomic mass is 32.2. The topological polar surface area (TPSA) is 85.7 Å². The number of hydrogen-bond acceptors (Lipinski definition) is 8. The Morgan fingerprint density at radius 2 is 1.85 bits per heavy atom. The molecule has 4 heterocycles. The zero-order valence-corrected chi connectivity index (χ0v) is 20.3. The number of aromatic nitrogens is 1. The van der Waals surface area contributed by atoms with Crippen LogP contribution in [-0.2, 0) is 25.7 Å². The van der Waals surface area contributed by atoms with Crippen molar-refractivity contribution >= 4 is 57.9 Å². The van der Waals surface area contributed by atoms with Gasteiger partial charge in [-0.3, -0.25) is 23.7 Å². The number of thiazole rings is 1. The molecule has 3 atom stereocenters. The Morgan fingerprint density at radius 1 is 1.09 bits per heavy atom.